The lowest BCUT2D eigenvalue weighted by atomic mass is 10.0. The number of pyridine rings is 1. The lowest BCUT2D eigenvalue weighted by molar-refractivity contribution is 0.0174. The number of carbonyl (C=O) groups is 2. The van der Waals surface area contributed by atoms with Crippen LogP contribution in [0.1, 0.15) is 33.6 Å². The van der Waals surface area contributed by atoms with E-state index in [4.69, 9.17) is 4.74 Å². The van der Waals surface area contributed by atoms with Crippen molar-refractivity contribution in [2.24, 2.45) is 0 Å². The minimum absolute atomic E-state index is 0.0188. The third kappa shape index (κ3) is 6.16. The van der Waals surface area contributed by atoms with Gasteiger partial charge in [-0.05, 0) is 63.4 Å². The molecule has 1 aromatic heterocycles. The predicted octanol–water partition coefficient (Wildman–Crippen LogP) is 4.75. The first-order valence-electron chi connectivity index (χ1n) is 10.4. The molecule has 1 aliphatic heterocycles. The van der Waals surface area contributed by atoms with Gasteiger partial charge in [0.1, 0.15) is 17.2 Å². The number of urea groups is 1. The molecule has 1 saturated heterocycles. The molecule has 2 heterocycles. The van der Waals surface area contributed by atoms with Gasteiger partial charge >= 0.3 is 12.1 Å². The fourth-order valence-electron chi connectivity index (χ4n) is 3.43. The lowest BCUT2D eigenvalue weighted by Crippen LogP contribution is -2.49. The van der Waals surface area contributed by atoms with E-state index in [9.17, 15) is 14.0 Å². The van der Waals surface area contributed by atoms with E-state index in [1.807, 2.05) is 20.8 Å². The Labute approximate surface area is 182 Å². The maximum Gasteiger partial charge on any atom is 0.410 e. The first-order valence-corrected chi connectivity index (χ1v) is 10.4. The lowest BCUT2D eigenvalue weighted by Gasteiger charge is -2.37. The highest BCUT2D eigenvalue weighted by atomic mass is 19.1. The summed E-state index contributed by atoms with van der Waals surface area (Å²) in [5.41, 5.74) is 0.960. The van der Waals surface area contributed by atoms with Crippen LogP contribution in [0.2, 0.25) is 0 Å². The molecule has 1 aromatic carbocycles. The second kappa shape index (κ2) is 9.32. The number of anilines is 1. The molecule has 0 saturated carbocycles. The molecule has 0 spiro atoms. The predicted molar refractivity (Wildman–Crippen MR) is 117 cm³/mol. The number of aromatic nitrogens is 1. The molecular weight excluding hydrogens is 399 g/mol. The molecule has 0 aliphatic carbocycles. The van der Waals surface area contributed by atoms with Gasteiger partial charge in [-0.1, -0.05) is 12.1 Å². The zero-order valence-corrected chi connectivity index (χ0v) is 18.4. The number of halogens is 1. The first kappa shape index (κ1) is 22.5. The molecule has 1 N–H and O–H groups in total. The van der Waals surface area contributed by atoms with Crippen molar-refractivity contribution >= 4 is 17.9 Å². The van der Waals surface area contributed by atoms with Gasteiger partial charge in [0.25, 0.3) is 0 Å². The van der Waals surface area contributed by atoms with Crippen LogP contribution in [0, 0.1) is 5.82 Å². The van der Waals surface area contributed by atoms with Crippen LogP contribution in [0.15, 0.2) is 42.6 Å². The number of carbonyl (C=O) groups excluding carboxylic acids is 2. The van der Waals surface area contributed by atoms with Crippen molar-refractivity contribution in [3.05, 3.63) is 48.4 Å². The first-order chi connectivity index (χ1) is 14.6. The third-order valence-electron chi connectivity index (χ3n) is 5.14. The summed E-state index contributed by atoms with van der Waals surface area (Å²) in [6, 6.07) is 9.51. The van der Waals surface area contributed by atoms with Crippen LogP contribution < -0.4 is 5.32 Å². The Bertz CT molecular complexity index is 919. The third-order valence-corrected chi connectivity index (χ3v) is 5.14. The largest absolute Gasteiger partial charge is 0.444 e. The van der Waals surface area contributed by atoms with Gasteiger partial charge in [0.05, 0.1) is 0 Å². The number of benzene rings is 1. The van der Waals surface area contributed by atoms with Crippen molar-refractivity contribution in [2.75, 3.05) is 25.5 Å². The topological polar surface area (TPSA) is 74.8 Å². The molecule has 1 fully saturated rings. The summed E-state index contributed by atoms with van der Waals surface area (Å²) < 4.78 is 18.8. The number of rotatable bonds is 3. The van der Waals surface area contributed by atoms with Gasteiger partial charge in [-0.2, -0.15) is 0 Å². The Hall–Kier alpha value is -3.16. The van der Waals surface area contributed by atoms with Crippen molar-refractivity contribution in [3.8, 4) is 11.1 Å². The van der Waals surface area contributed by atoms with Crippen LogP contribution in [-0.4, -0.2) is 58.7 Å². The van der Waals surface area contributed by atoms with E-state index in [0.717, 1.165) is 11.1 Å². The number of nitrogens with zero attached hydrogens (tertiary/aromatic N) is 3. The molecule has 3 amide bonds. The Balaban J connectivity index is 1.52. The minimum Gasteiger partial charge on any atom is -0.444 e. The van der Waals surface area contributed by atoms with E-state index >= 15 is 0 Å². The van der Waals surface area contributed by atoms with Crippen LogP contribution in [0.25, 0.3) is 11.1 Å². The summed E-state index contributed by atoms with van der Waals surface area (Å²) in [5.74, 6) is 0.109. The number of piperidine rings is 1. The molecule has 2 aromatic rings. The Morgan fingerprint density at radius 3 is 2.45 bits per heavy atom. The van der Waals surface area contributed by atoms with E-state index in [2.05, 4.69) is 10.3 Å². The number of ether oxygens (including phenoxy) is 1. The average Bonchev–Trinajstić information content (AvgIpc) is 2.72. The molecule has 0 bridgehead atoms. The highest BCUT2D eigenvalue weighted by molar-refractivity contribution is 5.88. The van der Waals surface area contributed by atoms with Crippen molar-refractivity contribution in [3.63, 3.8) is 0 Å². The molecule has 0 unspecified atom stereocenters. The highest BCUT2D eigenvalue weighted by Gasteiger charge is 2.30. The SMILES string of the molecule is CN(C(=O)Nc1ccc(-c2cccc(F)c2)cn1)C1CCN(C(=O)OC(C)(C)C)CC1. The van der Waals surface area contributed by atoms with Gasteiger partial charge in [0.2, 0.25) is 0 Å². The summed E-state index contributed by atoms with van der Waals surface area (Å²) in [7, 11) is 1.74. The standard InChI is InChI=1S/C23H29FN4O3/c1-23(2,3)31-22(30)28-12-10-19(11-13-28)27(4)21(29)26-20-9-8-17(15-25-20)16-6-5-7-18(24)14-16/h5-9,14-15,19H,10-13H2,1-4H3,(H,25,26,29). The number of amides is 3. The molecule has 166 valence electrons. The van der Waals surface area contributed by atoms with Crippen molar-refractivity contribution in [1.29, 1.82) is 0 Å². The summed E-state index contributed by atoms with van der Waals surface area (Å²) in [6.07, 6.45) is 2.63. The van der Waals surface area contributed by atoms with Gasteiger partial charge in [-0.15, -0.1) is 0 Å². The molecule has 8 heteroatoms. The summed E-state index contributed by atoms with van der Waals surface area (Å²) in [4.78, 5) is 32.4. The number of likely N-dealkylation sites (tertiary alicyclic amines) is 1. The van der Waals surface area contributed by atoms with Crippen molar-refractivity contribution in [2.45, 2.75) is 45.3 Å². The normalized spacial score (nSPS) is 14.8. The Kier molecular flexibility index (Phi) is 6.77. The van der Waals surface area contributed by atoms with E-state index in [0.29, 0.717) is 31.7 Å². The van der Waals surface area contributed by atoms with Crippen LogP contribution >= 0.6 is 0 Å². The number of hydrogen-bond donors (Lipinski definition) is 1. The van der Waals surface area contributed by atoms with Gasteiger partial charge in [-0.25, -0.2) is 19.0 Å². The Morgan fingerprint density at radius 1 is 1.16 bits per heavy atom. The van der Waals surface area contributed by atoms with E-state index in [1.54, 1.807) is 47.3 Å². The summed E-state index contributed by atoms with van der Waals surface area (Å²) >= 11 is 0. The average molecular weight is 429 g/mol. The molecule has 3 rings (SSSR count). The van der Waals surface area contributed by atoms with Crippen LogP contribution in [0.3, 0.4) is 0 Å². The minimum atomic E-state index is -0.526. The van der Waals surface area contributed by atoms with E-state index < -0.39 is 5.60 Å². The molecule has 0 atom stereocenters. The quantitative estimate of drug-likeness (QED) is 0.766. The fourth-order valence-corrected chi connectivity index (χ4v) is 3.43. The molecular formula is C23H29FN4O3. The number of nitrogens with one attached hydrogen (secondary N) is 1. The van der Waals surface area contributed by atoms with Gasteiger partial charge in [-0.3, -0.25) is 5.32 Å². The maximum atomic E-state index is 13.4. The zero-order valence-electron chi connectivity index (χ0n) is 18.4. The fraction of sp³-hybridized carbons (Fsp3) is 0.435. The van der Waals surface area contributed by atoms with Crippen molar-refractivity contribution in [1.82, 2.24) is 14.8 Å². The molecule has 7 nitrogen and oxygen atoms in total. The van der Waals surface area contributed by atoms with Gasteiger partial charge in [0, 0.05) is 37.9 Å². The Morgan fingerprint density at radius 2 is 1.87 bits per heavy atom. The maximum absolute atomic E-state index is 13.4. The van der Waals surface area contributed by atoms with E-state index in [1.165, 1.54) is 12.1 Å². The second-order valence-electron chi connectivity index (χ2n) is 8.68. The van der Waals surface area contributed by atoms with Gasteiger partial charge < -0.3 is 14.5 Å². The zero-order chi connectivity index (χ0) is 22.6. The number of hydrogen-bond acceptors (Lipinski definition) is 4. The van der Waals surface area contributed by atoms with Crippen LogP contribution in [0.4, 0.5) is 19.8 Å². The smallest absolute Gasteiger partial charge is 0.410 e. The van der Waals surface area contributed by atoms with Crippen LogP contribution in [0.5, 0.6) is 0 Å². The summed E-state index contributed by atoms with van der Waals surface area (Å²) in [5, 5.41) is 2.79. The van der Waals surface area contributed by atoms with Crippen LogP contribution in [-0.2, 0) is 4.74 Å². The molecule has 31 heavy (non-hydrogen) atoms. The molecule has 0 radical (unpaired) electrons. The summed E-state index contributed by atoms with van der Waals surface area (Å²) in [6.45, 7) is 6.60. The van der Waals surface area contributed by atoms with E-state index in [-0.39, 0.29) is 24.0 Å². The van der Waals surface area contributed by atoms with Crippen molar-refractivity contribution < 1.29 is 18.7 Å². The van der Waals surface area contributed by atoms with Gasteiger partial charge in [0.15, 0.2) is 0 Å². The monoisotopic (exact) mass is 428 g/mol. The second-order valence-corrected chi connectivity index (χ2v) is 8.68. The highest BCUT2D eigenvalue weighted by Crippen LogP contribution is 2.22. The molecule has 1 aliphatic rings.